The first-order chi connectivity index (χ1) is 12.5. The number of hydrogen-bond acceptors (Lipinski definition) is 6. The van der Waals surface area contributed by atoms with E-state index < -0.39 is 16.4 Å². The molecular formula is C19H23N3O4. The summed E-state index contributed by atoms with van der Waals surface area (Å²) in [6.07, 6.45) is 0. The molecule has 0 aliphatic carbocycles. The van der Waals surface area contributed by atoms with Gasteiger partial charge in [0.2, 0.25) is 5.75 Å². The number of benzene rings is 2. The first-order valence-corrected chi connectivity index (χ1v) is 8.61. The van der Waals surface area contributed by atoms with Crippen molar-refractivity contribution in [3.63, 3.8) is 0 Å². The number of phenolic OH excluding ortho intramolecular Hbond substituents is 1. The van der Waals surface area contributed by atoms with Crippen LogP contribution in [0.25, 0.3) is 0 Å². The predicted molar refractivity (Wildman–Crippen MR) is 98.3 cm³/mol. The molecule has 3 rings (SSSR count). The molecule has 1 N–H and O–H groups in total. The van der Waals surface area contributed by atoms with Gasteiger partial charge in [-0.1, -0.05) is 30.3 Å². The summed E-state index contributed by atoms with van der Waals surface area (Å²) in [6, 6.07) is 12.4. The van der Waals surface area contributed by atoms with Gasteiger partial charge in [-0.05, 0) is 30.3 Å². The van der Waals surface area contributed by atoms with E-state index in [1.165, 1.54) is 23.8 Å². The molecule has 0 aromatic heterocycles. The number of rotatable bonds is 6. The standard InChI is InChI=1S/C19H23N3O4/c1-20-9-11-21(12-10-20)13-15-5-7-16(8-6-15)14-26-18-4-2-3-17(23)19(18)22(24)25/h2-8,23H,9-14H2,1H3. The summed E-state index contributed by atoms with van der Waals surface area (Å²) in [5, 5.41) is 20.7. The highest BCUT2D eigenvalue weighted by Gasteiger charge is 2.20. The Morgan fingerprint density at radius 1 is 1.08 bits per heavy atom. The van der Waals surface area contributed by atoms with Crippen LogP contribution in [-0.4, -0.2) is 53.1 Å². The fourth-order valence-electron chi connectivity index (χ4n) is 2.98. The minimum atomic E-state index is -0.635. The Morgan fingerprint density at radius 2 is 1.73 bits per heavy atom. The van der Waals surface area contributed by atoms with E-state index in [0.29, 0.717) is 0 Å². The Kier molecular flexibility index (Phi) is 5.70. The molecule has 0 atom stereocenters. The summed E-state index contributed by atoms with van der Waals surface area (Å²) in [7, 11) is 2.14. The zero-order valence-corrected chi connectivity index (χ0v) is 14.8. The zero-order chi connectivity index (χ0) is 18.5. The second-order valence-electron chi connectivity index (χ2n) is 6.57. The smallest absolute Gasteiger partial charge is 0.352 e. The van der Waals surface area contributed by atoms with E-state index in [0.717, 1.165) is 38.3 Å². The summed E-state index contributed by atoms with van der Waals surface area (Å²) in [5.74, 6) is -0.327. The molecule has 0 bridgehead atoms. The van der Waals surface area contributed by atoms with Crippen LogP contribution < -0.4 is 4.74 Å². The third kappa shape index (κ3) is 4.50. The molecule has 2 aromatic carbocycles. The number of nitrogens with zero attached hydrogens (tertiary/aromatic N) is 3. The van der Waals surface area contributed by atoms with Gasteiger partial charge in [0.15, 0.2) is 5.75 Å². The lowest BCUT2D eigenvalue weighted by Crippen LogP contribution is -2.43. The number of ether oxygens (including phenoxy) is 1. The number of piperazine rings is 1. The summed E-state index contributed by atoms with van der Waals surface area (Å²) < 4.78 is 5.55. The topological polar surface area (TPSA) is 79.1 Å². The number of aromatic hydroxyl groups is 1. The van der Waals surface area contributed by atoms with Crippen molar-refractivity contribution in [3.05, 3.63) is 63.7 Å². The maximum absolute atomic E-state index is 11.1. The van der Waals surface area contributed by atoms with Crippen LogP contribution in [0.15, 0.2) is 42.5 Å². The fourth-order valence-corrected chi connectivity index (χ4v) is 2.98. The molecule has 1 aliphatic rings. The van der Waals surface area contributed by atoms with Gasteiger partial charge < -0.3 is 14.7 Å². The molecule has 1 aliphatic heterocycles. The monoisotopic (exact) mass is 357 g/mol. The maximum Gasteiger partial charge on any atom is 0.352 e. The first-order valence-electron chi connectivity index (χ1n) is 8.61. The van der Waals surface area contributed by atoms with Crippen molar-refractivity contribution in [1.29, 1.82) is 0 Å². The van der Waals surface area contributed by atoms with E-state index in [1.54, 1.807) is 0 Å². The van der Waals surface area contributed by atoms with Crippen LogP contribution >= 0.6 is 0 Å². The van der Waals surface area contributed by atoms with Crippen LogP contribution in [0.1, 0.15) is 11.1 Å². The second-order valence-corrected chi connectivity index (χ2v) is 6.57. The van der Waals surface area contributed by atoms with Crippen LogP contribution in [0.3, 0.4) is 0 Å². The van der Waals surface area contributed by atoms with Gasteiger partial charge in [0.05, 0.1) is 4.92 Å². The Labute approximate surface area is 152 Å². The Bertz CT molecular complexity index is 756. The van der Waals surface area contributed by atoms with Gasteiger partial charge in [0.25, 0.3) is 0 Å². The first kappa shape index (κ1) is 18.2. The molecule has 0 unspecified atom stereocenters. The average Bonchev–Trinajstić information content (AvgIpc) is 2.63. The Hall–Kier alpha value is -2.64. The van der Waals surface area contributed by atoms with Crippen molar-refractivity contribution in [2.45, 2.75) is 13.2 Å². The molecular weight excluding hydrogens is 334 g/mol. The van der Waals surface area contributed by atoms with E-state index in [1.807, 2.05) is 12.1 Å². The van der Waals surface area contributed by atoms with Crippen LogP contribution in [-0.2, 0) is 13.2 Å². The highest BCUT2D eigenvalue weighted by molar-refractivity contribution is 5.56. The quantitative estimate of drug-likeness (QED) is 0.632. The van der Waals surface area contributed by atoms with Crippen molar-refractivity contribution < 1.29 is 14.8 Å². The van der Waals surface area contributed by atoms with E-state index in [-0.39, 0.29) is 12.4 Å². The molecule has 1 fully saturated rings. The van der Waals surface area contributed by atoms with Gasteiger partial charge in [-0.25, -0.2) is 0 Å². The highest BCUT2D eigenvalue weighted by atomic mass is 16.6. The maximum atomic E-state index is 11.1. The molecule has 7 nitrogen and oxygen atoms in total. The lowest BCUT2D eigenvalue weighted by atomic mass is 10.1. The number of nitro groups is 1. The predicted octanol–water partition coefficient (Wildman–Crippen LogP) is 2.63. The lowest BCUT2D eigenvalue weighted by molar-refractivity contribution is -0.386. The van der Waals surface area contributed by atoms with Crippen LogP contribution in [0.5, 0.6) is 11.5 Å². The van der Waals surface area contributed by atoms with E-state index in [9.17, 15) is 15.2 Å². The van der Waals surface area contributed by atoms with Gasteiger partial charge in [0, 0.05) is 32.7 Å². The molecule has 0 radical (unpaired) electrons. The molecule has 0 amide bonds. The van der Waals surface area contributed by atoms with Crippen LogP contribution in [0, 0.1) is 10.1 Å². The van der Waals surface area contributed by atoms with Crippen molar-refractivity contribution in [1.82, 2.24) is 9.80 Å². The summed E-state index contributed by atoms with van der Waals surface area (Å²) in [5.41, 5.74) is 1.76. The van der Waals surface area contributed by atoms with Gasteiger partial charge in [-0.3, -0.25) is 15.0 Å². The molecule has 2 aromatic rings. The fraction of sp³-hybridized carbons (Fsp3) is 0.368. The van der Waals surface area contributed by atoms with Gasteiger partial charge in [-0.15, -0.1) is 0 Å². The minimum absolute atomic E-state index is 0.0662. The number of phenols is 1. The molecule has 26 heavy (non-hydrogen) atoms. The lowest BCUT2D eigenvalue weighted by Gasteiger charge is -2.32. The van der Waals surface area contributed by atoms with Gasteiger partial charge in [0.1, 0.15) is 6.61 Å². The molecule has 138 valence electrons. The summed E-state index contributed by atoms with van der Waals surface area (Å²) in [6.45, 7) is 5.46. The molecule has 1 saturated heterocycles. The van der Waals surface area contributed by atoms with E-state index >= 15 is 0 Å². The number of nitro benzene ring substituents is 1. The van der Waals surface area contributed by atoms with Crippen molar-refractivity contribution in [2.24, 2.45) is 0 Å². The minimum Gasteiger partial charge on any atom is -0.502 e. The Balaban J connectivity index is 1.58. The number of likely N-dealkylation sites (N-methyl/N-ethyl adjacent to an activating group) is 1. The SMILES string of the molecule is CN1CCN(Cc2ccc(COc3cccc(O)c3[N+](=O)[O-])cc2)CC1. The van der Waals surface area contributed by atoms with Gasteiger partial charge in [-0.2, -0.15) is 0 Å². The number of para-hydroxylation sites is 1. The second kappa shape index (κ2) is 8.16. The van der Waals surface area contributed by atoms with Crippen LogP contribution in [0.4, 0.5) is 5.69 Å². The van der Waals surface area contributed by atoms with Gasteiger partial charge >= 0.3 is 5.69 Å². The van der Waals surface area contributed by atoms with Crippen molar-refractivity contribution >= 4 is 5.69 Å². The average molecular weight is 357 g/mol. The summed E-state index contributed by atoms with van der Waals surface area (Å²) >= 11 is 0. The molecule has 0 saturated carbocycles. The third-order valence-electron chi connectivity index (χ3n) is 4.58. The van der Waals surface area contributed by atoms with Crippen molar-refractivity contribution in [3.8, 4) is 11.5 Å². The molecule has 0 spiro atoms. The largest absolute Gasteiger partial charge is 0.502 e. The molecule has 7 heteroatoms. The van der Waals surface area contributed by atoms with E-state index in [4.69, 9.17) is 4.74 Å². The normalized spacial score (nSPS) is 15.7. The Morgan fingerprint density at radius 3 is 2.38 bits per heavy atom. The van der Waals surface area contributed by atoms with Crippen LogP contribution in [0.2, 0.25) is 0 Å². The molecule has 1 heterocycles. The van der Waals surface area contributed by atoms with Crippen molar-refractivity contribution in [2.75, 3.05) is 33.2 Å². The third-order valence-corrected chi connectivity index (χ3v) is 4.58. The highest BCUT2D eigenvalue weighted by Crippen LogP contribution is 2.35. The zero-order valence-electron chi connectivity index (χ0n) is 14.8. The van der Waals surface area contributed by atoms with E-state index in [2.05, 4.69) is 29.0 Å². The summed E-state index contributed by atoms with van der Waals surface area (Å²) in [4.78, 5) is 15.2. The number of hydrogen-bond donors (Lipinski definition) is 1.